The number of fused-ring (bicyclic) bond motifs is 2. The van der Waals surface area contributed by atoms with Gasteiger partial charge in [-0.05, 0) is 54.8 Å². The number of methoxy groups -OCH3 is 1. The molecule has 1 amide bonds. The molecule has 0 fully saturated rings. The summed E-state index contributed by atoms with van der Waals surface area (Å²) in [5.74, 6) is 1.34. The van der Waals surface area contributed by atoms with Crippen LogP contribution in [0.1, 0.15) is 23.1 Å². The first-order chi connectivity index (χ1) is 16.0. The number of hydrogen-bond donors (Lipinski definition) is 1. The topological polar surface area (TPSA) is 90.7 Å². The summed E-state index contributed by atoms with van der Waals surface area (Å²) in [6, 6.07) is 11.4. The summed E-state index contributed by atoms with van der Waals surface area (Å²) in [6.45, 7) is 2.58. The molecule has 0 unspecified atom stereocenters. The van der Waals surface area contributed by atoms with Crippen LogP contribution in [0.4, 0.5) is 5.13 Å². The Morgan fingerprint density at radius 2 is 2.12 bits per heavy atom. The van der Waals surface area contributed by atoms with Crippen LogP contribution >= 0.6 is 11.3 Å². The lowest BCUT2D eigenvalue weighted by molar-refractivity contribution is -0.116. The number of nitrogens with one attached hydrogen (secondary N) is 1. The Morgan fingerprint density at radius 1 is 1.24 bits per heavy atom. The molecule has 7 nitrogen and oxygen atoms in total. The van der Waals surface area contributed by atoms with Crippen molar-refractivity contribution in [3.05, 3.63) is 68.9 Å². The minimum Gasteiger partial charge on any atom is -0.497 e. The zero-order chi connectivity index (χ0) is 22.9. The number of ether oxygens (including phenoxy) is 2. The molecule has 0 bridgehead atoms. The summed E-state index contributed by atoms with van der Waals surface area (Å²) in [5, 5.41) is 6.12. The van der Waals surface area contributed by atoms with Crippen LogP contribution in [0.5, 0.6) is 11.5 Å². The van der Waals surface area contributed by atoms with Crippen molar-refractivity contribution in [3.8, 4) is 22.8 Å². The standard InChI is InChI=1S/C25H22N2O5S/c1-14-18-5-4-17(30-2)12-22(18)32-24(29)19(14)6-8-23(28)27-25-26-20(13-33-25)15-3-7-21-16(11-15)9-10-31-21/h3-5,7,11-13H,6,8-10H2,1-2H3,(H,26,27,28). The maximum Gasteiger partial charge on any atom is 0.339 e. The van der Waals surface area contributed by atoms with E-state index in [0.29, 0.717) is 28.6 Å². The van der Waals surface area contributed by atoms with Crippen molar-refractivity contribution in [1.82, 2.24) is 4.98 Å². The number of carbonyl (C=O) groups excluding carboxylic acids is 1. The van der Waals surface area contributed by atoms with Crippen molar-refractivity contribution in [3.63, 3.8) is 0 Å². The molecule has 3 heterocycles. The summed E-state index contributed by atoms with van der Waals surface area (Å²) in [6.07, 6.45) is 1.33. The number of benzene rings is 2. The molecule has 168 valence electrons. The van der Waals surface area contributed by atoms with E-state index in [2.05, 4.69) is 16.4 Å². The molecule has 1 aliphatic heterocycles. The molecule has 1 aliphatic rings. The molecule has 5 rings (SSSR count). The molecule has 2 aromatic carbocycles. The first kappa shape index (κ1) is 21.2. The molecular formula is C25H22N2O5S. The van der Waals surface area contributed by atoms with Crippen molar-refractivity contribution < 1.29 is 18.7 Å². The number of aromatic nitrogens is 1. The van der Waals surface area contributed by atoms with E-state index in [-0.39, 0.29) is 18.7 Å². The number of hydrogen-bond acceptors (Lipinski definition) is 7. The lowest BCUT2D eigenvalue weighted by Gasteiger charge is -2.08. The van der Waals surface area contributed by atoms with Crippen LogP contribution in [-0.4, -0.2) is 24.6 Å². The molecular weight excluding hydrogens is 440 g/mol. The maximum absolute atomic E-state index is 12.5. The van der Waals surface area contributed by atoms with Gasteiger partial charge in [-0.2, -0.15) is 0 Å². The van der Waals surface area contributed by atoms with Gasteiger partial charge < -0.3 is 19.2 Å². The quantitative estimate of drug-likeness (QED) is 0.416. The number of rotatable bonds is 6. The van der Waals surface area contributed by atoms with E-state index < -0.39 is 5.63 Å². The van der Waals surface area contributed by atoms with Crippen LogP contribution < -0.4 is 20.4 Å². The van der Waals surface area contributed by atoms with E-state index in [9.17, 15) is 9.59 Å². The second-order valence-corrected chi connectivity index (χ2v) is 8.72. The number of amides is 1. The number of thiazole rings is 1. The second kappa shape index (κ2) is 8.71. The highest BCUT2D eigenvalue weighted by atomic mass is 32.1. The summed E-state index contributed by atoms with van der Waals surface area (Å²) < 4.78 is 16.2. The van der Waals surface area contributed by atoms with Gasteiger partial charge in [-0.25, -0.2) is 9.78 Å². The summed E-state index contributed by atoms with van der Waals surface area (Å²) in [4.78, 5) is 29.6. The highest BCUT2D eigenvalue weighted by Crippen LogP contribution is 2.32. The zero-order valence-corrected chi connectivity index (χ0v) is 19.1. The Labute approximate surface area is 194 Å². The Hall–Kier alpha value is -3.65. The van der Waals surface area contributed by atoms with Crippen molar-refractivity contribution in [1.29, 1.82) is 0 Å². The minimum absolute atomic E-state index is 0.151. The second-order valence-electron chi connectivity index (χ2n) is 7.86. The van der Waals surface area contributed by atoms with Gasteiger partial charge in [0.15, 0.2) is 5.13 Å². The number of aryl methyl sites for hydroxylation is 1. The van der Waals surface area contributed by atoms with E-state index in [0.717, 1.165) is 34.4 Å². The lowest BCUT2D eigenvalue weighted by Crippen LogP contribution is -2.16. The largest absolute Gasteiger partial charge is 0.497 e. The van der Waals surface area contributed by atoms with Gasteiger partial charge in [0.1, 0.15) is 17.1 Å². The predicted octanol–water partition coefficient (Wildman–Crippen LogP) is 4.74. The fourth-order valence-electron chi connectivity index (χ4n) is 4.02. The minimum atomic E-state index is -0.432. The van der Waals surface area contributed by atoms with Crippen molar-refractivity contribution >= 4 is 33.3 Å². The van der Waals surface area contributed by atoms with E-state index in [4.69, 9.17) is 13.9 Å². The third-order valence-electron chi connectivity index (χ3n) is 5.83. The summed E-state index contributed by atoms with van der Waals surface area (Å²) in [7, 11) is 1.56. The Bertz CT molecular complexity index is 1420. The van der Waals surface area contributed by atoms with E-state index in [1.807, 2.05) is 36.6 Å². The van der Waals surface area contributed by atoms with Crippen molar-refractivity contribution in [2.75, 3.05) is 19.0 Å². The van der Waals surface area contributed by atoms with E-state index in [1.54, 1.807) is 13.2 Å². The number of nitrogens with zero attached hydrogens (tertiary/aromatic N) is 1. The number of anilines is 1. The van der Waals surface area contributed by atoms with Crippen LogP contribution in [0, 0.1) is 6.92 Å². The highest BCUT2D eigenvalue weighted by molar-refractivity contribution is 7.14. The molecule has 0 saturated carbocycles. The van der Waals surface area contributed by atoms with Gasteiger partial charge in [-0.1, -0.05) is 0 Å². The van der Waals surface area contributed by atoms with Crippen LogP contribution in [0.25, 0.3) is 22.2 Å². The van der Waals surface area contributed by atoms with Gasteiger partial charge in [-0.3, -0.25) is 4.79 Å². The summed E-state index contributed by atoms with van der Waals surface area (Å²) >= 11 is 1.37. The average molecular weight is 463 g/mol. The lowest BCUT2D eigenvalue weighted by atomic mass is 10.0. The fourth-order valence-corrected chi connectivity index (χ4v) is 4.76. The Balaban J connectivity index is 1.27. The molecule has 0 atom stereocenters. The zero-order valence-electron chi connectivity index (χ0n) is 18.3. The van der Waals surface area contributed by atoms with Crippen LogP contribution in [0.3, 0.4) is 0 Å². The van der Waals surface area contributed by atoms with Gasteiger partial charge in [0.25, 0.3) is 0 Å². The third-order valence-corrected chi connectivity index (χ3v) is 6.59. The van der Waals surface area contributed by atoms with Crippen LogP contribution in [0.15, 0.2) is 51.0 Å². The molecule has 4 aromatic rings. The van der Waals surface area contributed by atoms with Gasteiger partial charge in [0.2, 0.25) is 5.91 Å². The number of carbonyl (C=O) groups is 1. The molecule has 1 N–H and O–H groups in total. The first-order valence-corrected chi connectivity index (χ1v) is 11.5. The van der Waals surface area contributed by atoms with E-state index in [1.165, 1.54) is 16.9 Å². The SMILES string of the molecule is COc1ccc2c(C)c(CCC(=O)Nc3nc(-c4ccc5c(c4)CCO5)cs3)c(=O)oc2c1. The average Bonchev–Trinajstić information content (AvgIpc) is 3.47. The van der Waals surface area contributed by atoms with Gasteiger partial charge >= 0.3 is 5.63 Å². The van der Waals surface area contributed by atoms with Crippen LogP contribution in [0.2, 0.25) is 0 Å². The monoisotopic (exact) mass is 462 g/mol. The van der Waals surface area contributed by atoms with Crippen molar-refractivity contribution in [2.24, 2.45) is 0 Å². The first-order valence-electron chi connectivity index (χ1n) is 10.6. The van der Waals surface area contributed by atoms with Gasteiger partial charge in [0.05, 0.1) is 19.4 Å². The van der Waals surface area contributed by atoms with Gasteiger partial charge in [-0.15, -0.1) is 11.3 Å². The molecule has 8 heteroatoms. The molecule has 0 radical (unpaired) electrons. The smallest absolute Gasteiger partial charge is 0.339 e. The molecule has 2 aromatic heterocycles. The van der Waals surface area contributed by atoms with Crippen LogP contribution in [-0.2, 0) is 17.6 Å². The molecule has 0 aliphatic carbocycles. The fraction of sp³-hybridized carbons (Fsp3) is 0.240. The molecule has 0 saturated heterocycles. The summed E-state index contributed by atoms with van der Waals surface area (Å²) in [5.41, 5.74) is 4.34. The molecule has 0 spiro atoms. The molecule has 33 heavy (non-hydrogen) atoms. The van der Waals surface area contributed by atoms with Gasteiger partial charge in [0, 0.05) is 40.8 Å². The van der Waals surface area contributed by atoms with E-state index >= 15 is 0 Å². The van der Waals surface area contributed by atoms with Crippen molar-refractivity contribution in [2.45, 2.75) is 26.2 Å². The predicted molar refractivity (Wildman–Crippen MR) is 127 cm³/mol. The Kier molecular flexibility index (Phi) is 5.60. The maximum atomic E-state index is 12.5. The normalized spacial score (nSPS) is 12.4. The third kappa shape index (κ3) is 4.21. The Morgan fingerprint density at radius 3 is 2.97 bits per heavy atom. The highest BCUT2D eigenvalue weighted by Gasteiger charge is 2.16.